The lowest BCUT2D eigenvalue weighted by atomic mass is 9.87. The van der Waals surface area contributed by atoms with Gasteiger partial charge in [-0.25, -0.2) is 0 Å². The van der Waals surface area contributed by atoms with Crippen molar-refractivity contribution in [3.05, 3.63) is 143 Å². The van der Waals surface area contributed by atoms with Gasteiger partial charge in [0.25, 0.3) is 0 Å². The van der Waals surface area contributed by atoms with Crippen LogP contribution in [-0.4, -0.2) is 64.3 Å². The number of rotatable bonds is 10. The number of aliphatic hydroxyl groups excluding tert-OH is 2. The molecule has 258 valence electrons. The van der Waals surface area contributed by atoms with Gasteiger partial charge in [-0.1, -0.05) is 67.3 Å². The van der Waals surface area contributed by atoms with Gasteiger partial charge in [0.1, 0.15) is 35.5 Å². The second kappa shape index (κ2) is 13.8. The van der Waals surface area contributed by atoms with Crippen molar-refractivity contribution in [2.75, 3.05) is 48.0 Å². The second-order valence-corrected chi connectivity index (χ2v) is 15.1. The number of aliphatic hydroxyl groups is 2. The highest BCUT2D eigenvalue weighted by molar-refractivity contribution is 5.93. The van der Waals surface area contributed by atoms with E-state index in [-0.39, 0.29) is 31.1 Å². The standard InChI is InChI=1S/C45H52N2O3/c1-6-30-50-45-33(20-22-39-37(26-28-48)43-35-16-9-7-12-31(35)18-24-41(43)46(39,2)3)14-11-15-34(45)21-23-40-38(27-29-49)44-36-17-10-8-13-32(36)19-25-42(44)47(40,4)5/h6-10,12-13,16-25,37-39,48-49H,1,11,14-15,26-30H2,2-5H3/q+2. The lowest BCUT2D eigenvalue weighted by Crippen LogP contribution is -2.47. The fraction of sp³-hybridized carbons (Fsp3) is 0.333. The van der Waals surface area contributed by atoms with Gasteiger partial charge in [-0.2, -0.15) is 0 Å². The van der Waals surface area contributed by atoms with Crippen molar-refractivity contribution in [1.29, 1.82) is 0 Å². The van der Waals surface area contributed by atoms with Crippen molar-refractivity contribution in [2.45, 2.75) is 50.0 Å². The van der Waals surface area contributed by atoms with E-state index in [1.165, 1.54) is 60.9 Å². The smallest absolute Gasteiger partial charge is 0.141 e. The first-order chi connectivity index (χ1) is 24.2. The zero-order valence-corrected chi connectivity index (χ0v) is 30.1. The average molecular weight is 669 g/mol. The average Bonchev–Trinajstić information content (AvgIpc) is 3.47. The van der Waals surface area contributed by atoms with Crippen molar-refractivity contribution in [2.24, 2.45) is 0 Å². The molecule has 3 aliphatic rings. The molecule has 2 heterocycles. The first-order valence-electron chi connectivity index (χ1n) is 18.2. The van der Waals surface area contributed by atoms with E-state index in [1.54, 1.807) is 0 Å². The number of ether oxygens (including phenoxy) is 1. The Morgan fingerprint density at radius 1 is 0.780 bits per heavy atom. The van der Waals surface area contributed by atoms with E-state index in [1.807, 2.05) is 6.08 Å². The van der Waals surface area contributed by atoms with E-state index in [4.69, 9.17) is 4.74 Å². The van der Waals surface area contributed by atoms with E-state index < -0.39 is 0 Å². The third-order valence-corrected chi connectivity index (χ3v) is 11.6. The van der Waals surface area contributed by atoms with Gasteiger partial charge >= 0.3 is 0 Å². The molecule has 0 saturated carbocycles. The number of fused-ring (bicyclic) bond motifs is 6. The molecule has 0 aromatic heterocycles. The molecule has 0 spiro atoms. The van der Waals surface area contributed by atoms with Crippen LogP contribution < -0.4 is 8.97 Å². The Morgan fingerprint density at radius 2 is 1.44 bits per heavy atom. The molecule has 4 aromatic carbocycles. The summed E-state index contributed by atoms with van der Waals surface area (Å²) < 4.78 is 7.90. The summed E-state index contributed by atoms with van der Waals surface area (Å²) in [6.07, 6.45) is 15.5. The predicted octanol–water partition coefficient (Wildman–Crippen LogP) is 9.16. The maximum Gasteiger partial charge on any atom is 0.141 e. The molecule has 2 N–H and O–H groups in total. The second-order valence-electron chi connectivity index (χ2n) is 15.1. The summed E-state index contributed by atoms with van der Waals surface area (Å²) in [6, 6.07) is 26.5. The molecule has 0 bridgehead atoms. The first-order valence-corrected chi connectivity index (χ1v) is 18.2. The van der Waals surface area contributed by atoms with Crippen molar-refractivity contribution in [3.8, 4) is 0 Å². The fourth-order valence-corrected chi connectivity index (χ4v) is 9.25. The zero-order valence-electron chi connectivity index (χ0n) is 30.1. The van der Waals surface area contributed by atoms with E-state index in [0.29, 0.717) is 17.5 Å². The lowest BCUT2D eigenvalue weighted by molar-refractivity contribution is 0.246. The predicted molar refractivity (Wildman–Crippen MR) is 210 cm³/mol. The molecule has 7 rings (SSSR count). The number of allylic oxidation sites excluding steroid dienone is 6. The van der Waals surface area contributed by atoms with Gasteiger partial charge < -0.3 is 14.9 Å². The maximum absolute atomic E-state index is 10.3. The fourth-order valence-electron chi connectivity index (χ4n) is 9.25. The number of likely N-dealkylation sites (N-methyl/N-ethyl adjacent to an activating group) is 2. The quantitative estimate of drug-likeness (QED) is 0.131. The first kappa shape index (κ1) is 34.2. The van der Waals surface area contributed by atoms with Gasteiger partial charge in [-0.05, 0) is 95.2 Å². The number of quaternary nitrogens is 2. The molecule has 5 nitrogen and oxygen atoms in total. The molecule has 2 aliphatic heterocycles. The highest BCUT2D eigenvalue weighted by Crippen LogP contribution is 2.52. The molecule has 4 aromatic rings. The number of benzene rings is 4. The molecule has 50 heavy (non-hydrogen) atoms. The Hall–Kier alpha value is -4.26. The summed E-state index contributed by atoms with van der Waals surface area (Å²) >= 11 is 0. The number of hydrogen-bond acceptors (Lipinski definition) is 3. The maximum atomic E-state index is 10.3. The summed E-state index contributed by atoms with van der Waals surface area (Å²) in [5.41, 5.74) is 9.03. The molecule has 0 saturated heterocycles. The molecule has 5 heteroatoms. The highest BCUT2D eigenvalue weighted by atomic mass is 16.5. The van der Waals surface area contributed by atoms with Crippen LogP contribution in [0.2, 0.25) is 0 Å². The minimum Gasteiger partial charge on any atom is -0.489 e. The lowest BCUT2D eigenvalue weighted by Gasteiger charge is -2.32. The van der Waals surface area contributed by atoms with Gasteiger partial charge in [-0.3, -0.25) is 8.97 Å². The van der Waals surface area contributed by atoms with Crippen LogP contribution in [0.25, 0.3) is 21.5 Å². The Labute approximate surface area is 297 Å². The monoisotopic (exact) mass is 668 g/mol. The van der Waals surface area contributed by atoms with Crippen LogP contribution in [0.3, 0.4) is 0 Å². The van der Waals surface area contributed by atoms with E-state index in [9.17, 15) is 10.2 Å². The van der Waals surface area contributed by atoms with Gasteiger partial charge in [-0.15, -0.1) is 0 Å². The Kier molecular flexibility index (Phi) is 9.44. The van der Waals surface area contributed by atoms with Crippen molar-refractivity contribution in [1.82, 2.24) is 8.97 Å². The Morgan fingerprint density at radius 3 is 2.12 bits per heavy atom. The molecular weight excluding hydrogens is 617 g/mol. The van der Waals surface area contributed by atoms with Crippen LogP contribution in [0.5, 0.6) is 0 Å². The summed E-state index contributed by atoms with van der Waals surface area (Å²) in [6.45, 7) is 4.69. The SMILES string of the molecule is C=CCOC1=C(C=CC2C(CCO)c3c(ccc4ccccc34)[N+]2(C)C)CCCC1=CC=C1C(CCO)c2c(ccc3ccccc23)[N+]1(C)C. The van der Waals surface area contributed by atoms with E-state index in [2.05, 4.69) is 132 Å². The molecule has 3 atom stereocenters. The van der Waals surface area contributed by atoms with Crippen LogP contribution in [0.1, 0.15) is 55.1 Å². The van der Waals surface area contributed by atoms with Gasteiger partial charge in [0.2, 0.25) is 0 Å². The van der Waals surface area contributed by atoms with Crippen molar-refractivity contribution in [3.63, 3.8) is 0 Å². The van der Waals surface area contributed by atoms with Crippen LogP contribution in [0, 0.1) is 0 Å². The third-order valence-electron chi connectivity index (χ3n) is 11.6. The van der Waals surface area contributed by atoms with Gasteiger partial charge in [0.15, 0.2) is 0 Å². The number of nitrogens with zero attached hydrogens (tertiary/aromatic N) is 2. The third kappa shape index (κ3) is 5.76. The van der Waals surface area contributed by atoms with E-state index >= 15 is 0 Å². The number of hydrogen-bond donors (Lipinski definition) is 2. The zero-order chi connectivity index (χ0) is 35.0. The molecule has 3 unspecified atom stereocenters. The van der Waals surface area contributed by atoms with E-state index in [0.717, 1.165) is 35.9 Å². The minimum absolute atomic E-state index is 0.126. The summed E-state index contributed by atoms with van der Waals surface area (Å²) in [7, 11) is 9.13. The van der Waals surface area contributed by atoms with Gasteiger partial charge in [0, 0.05) is 42.4 Å². The van der Waals surface area contributed by atoms with Crippen molar-refractivity contribution < 1.29 is 14.9 Å². The minimum atomic E-state index is 0.126. The molecular formula is C45H52N2O3+2. The van der Waals surface area contributed by atoms with Crippen LogP contribution in [0.15, 0.2) is 132 Å². The highest BCUT2D eigenvalue weighted by Gasteiger charge is 2.47. The van der Waals surface area contributed by atoms with Crippen molar-refractivity contribution >= 4 is 32.9 Å². The summed E-state index contributed by atoms with van der Waals surface area (Å²) in [5.74, 6) is 1.29. The normalized spacial score (nSPS) is 24.1. The van der Waals surface area contributed by atoms with Crippen LogP contribution in [-0.2, 0) is 4.74 Å². The molecule has 0 amide bonds. The molecule has 0 radical (unpaired) electrons. The molecule has 0 fully saturated rings. The van der Waals surface area contributed by atoms with Crippen LogP contribution in [0.4, 0.5) is 11.4 Å². The Bertz CT molecular complexity index is 2060. The summed E-state index contributed by atoms with van der Waals surface area (Å²) in [5, 5.41) is 25.5. The van der Waals surface area contributed by atoms with Gasteiger partial charge in [0.05, 0.1) is 34.1 Å². The summed E-state index contributed by atoms with van der Waals surface area (Å²) in [4.78, 5) is 0. The molecule has 1 aliphatic carbocycles. The topological polar surface area (TPSA) is 49.7 Å². The Balaban J connectivity index is 1.28. The van der Waals surface area contributed by atoms with Crippen LogP contribution >= 0.6 is 0 Å². The largest absolute Gasteiger partial charge is 0.489 e.